The zero-order chi connectivity index (χ0) is 9.72. The molecule has 2 amide bonds. The molecule has 0 bridgehead atoms. The van der Waals surface area contributed by atoms with Crippen molar-refractivity contribution >= 4 is 17.8 Å². The lowest BCUT2D eigenvalue weighted by Crippen LogP contribution is -2.24. The predicted octanol–water partition coefficient (Wildman–Crippen LogP) is -0.385. The standard InChI is InChI=1S/C4H5NO3.C2H4O2/c6-3-1-2-4(7)5(3)8;1-2(3)4/h8H,1-2H2;1H3,(H,3,4). The van der Waals surface area contributed by atoms with Crippen molar-refractivity contribution < 1.29 is 24.7 Å². The topological polar surface area (TPSA) is 94.9 Å². The molecule has 1 aliphatic rings. The molecule has 1 aliphatic heterocycles. The monoisotopic (exact) mass is 175 g/mol. The van der Waals surface area contributed by atoms with E-state index in [-0.39, 0.29) is 17.9 Å². The molecule has 1 saturated heterocycles. The maximum Gasteiger partial charge on any atom is 0.300 e. The Hall–Kier alpha value is -1.43. The molecule has 0 radical (unpaired) electrons. The highest BCUT2D eigenvalue weighted by molar-refractivity contribution is 6.00. The van der Waals surface area contributed by atoms with Crippen LogP contribution in [-0.2, 0) is 14.4 Å². The minimum Gasteiger partial charge on any atom is -0.481 e. The van der Waals surface area contributed by atoms with Gasteiger partial charge in [-0.1, -0.05) is 0 Å². The third-order valence-electron chi connectivity index (χ3n) is 1.03. The number of aliphatic carboxylic acids is 1. The molecule has 0 aromatic rings. The molecule has 0 saturated carbocycles. The second-order valence-corrected chi connectivity index (χ2v) is 2.12. The number of rotatable bonds is 0. The summed E-state index contributed by atoms with van der Waals surface area (Å²) in [6, 6.07) is 0. The quantitative estimate of drug-likeness (QED) is 0.386. The van der Waals surface area contributed by atoms with Gasteiger partial charge in [-0.05, 0) is 0 Å². The van der Waals surface area contributed by atoms with Crippen LogP contribution in [0.4, 0.5) is 0 Å². The first-order valence-electron chi connectivity index (χ1n) is 3.19. The maximum absolute atomic E-state index is 10.2. The Morgan fingerprint density at radius 2 is 1.58 bits per heavy atom. The lowest BCUT2D eigenvalue weighted by atomic mass is 10.4. The number of hydrogen-bond donors (Lipinski definition) is 2. The Bertz CT molecular complexity index is 192. The van der Waals surface area contributed by atoms with Gasteiger partial charge in [0.25, 0.3) is 17.8 Å². The summed E-state index contributed by atoms with van der Waals surface area (Å²) < 4.78 is 0. The van der Waals surface area contributed by atoms with E-state index in [4.69, 9.17) is 15.1 Å². The van der Waals surface area contributed by atoms with Crippen molar-refractivity contribution in [2.24, 2.45) is 0 Å². The number of hydrogen-bond acceptors (Lipinski definition) is 4. The molecule has 6 heteroatoms. The van der Waals surface area contributed by atoms with Crippen LogP contribution in [0.2, 0.25) is 0 Å². The number of carboxylic acids is 1. The second-order valence-electron chi connectivity index (χ2n) is 2.12. The van der Waals surface area contributed by atoms with Gasteiger partial charge in [0.15, 0.2) is 0 Å². The largest absolute Gasteiger partial charge is 0.481 e. The van der Waals surface area contributed by atoms with Crippen molar-refractivity contribution in [3.63, 3.8) is 0 Å². The van der Waals surface area contributed by atoms with E-state index in [1.165, 1.54) is 0 Å². The van der Waals surface area contributed by atoms with Crippen molar-refractivity contribution in [1.82, 2.24) is 5.06 Å². The highest BCUT2D eigenvalue weighted by Crippen LogP contribution is 2.06. The molecule has 0 aromatic carbocycles. The van der Waals surface area contributed by atoms with E-state index in [0.717, 1.165) is 6.92 Å². The second kappa shape index (κ2) is 4.45. The first-order valence-corrected chi connectivity index (χ1v) is 3.19. The third kappa shape index (κ3) is 3.67. The molecule has 0 aliphatic carbocycles. The molecule has 2 N–H and O–H groups in total. The van der Waals surface area contributed by atoms with Crippen molar-refractivity contribution in [1.29, 1.82) is 0 Å². The summed E-state index contributed by atoms with van der Waals surface area (Å²) in [5, 5.41) is 16.0. The molecular weight excluding hydrogens is 166 g/mol. The summed E-state index contributed by atoms with van der Waals surface area (Å²) in [4.78, 5) is 29.5. The molecule has 0 spiro atoms. The minimum absolute atomic E-state index is 0.148. The van der Waals surface area contributed by atoms with E-state index >= 15 is 0 Å². The number of carbonyl (C=O) groups is 3. The van der Waals surface area contributed by atoms with E-state index in [2.05, 4.69) is 0 Å². The van der Waals surface area contributed by atoms with Crippen LogP contribution in [0.15, 0.2) is 0 Å². The van der Waals surface area contributed by atoms with Gasteiger partial charge in [0, 0.05) is 19.8 Å². The minimum atomic E-state index is -0.833. The average molecular weight is 175 g/mol. The van der Waals surface area contributed by atoms with Crippen molar-refractivity contribution in [2.75, 3.05) is 0 Å². The molecule has 1 heterocycles. The fourth-order valence-electron chi connectivity index (χ4n) is 0.565. The molecule has 0 unspecified atom stereocenters. The van der Waals surface area contributed by atoms with Gasteiger partial charge in [-0.25, -0.2) is 0 Å². The summed E-state index contributed by atoms with van der Waals surface area (Å²) in [5.74, 6) is -1.84. The molecule has 68 valence electrons. The number of amides is 2. The summed E-state index contributed by atoms with van der Waals surface area (Å²) in [5.41, 5.74) is 0. The van der Waals surface area contributed by atoms with Gasteiger partial charge in [-0.3, -0.25) is 19.6 Å². The van der Waals surface area contributed by atoms with Crippen molar-refractivity contribution in [3.05, 3.63) is 0 Å². The summed E-state index contributed by atoms with van der Waals surface area (Å²) in [7, 11) is 0. The summed E-state index contributed by atoms with van der Waals surface area (Å²) in [6.45, 7) is 1.08. The van der Waals surface area contributed by atoms with Crippen LogP contribution in [0.5, 0.6) is 0 Å². The molecule has 6 nitrogen and oxygen atoms in total. The smallest absolute Gasteiger partial charge is 0.300 e. The van der Waals surface area contributed by atoms with E-state index in [9.17, 15) is 9.59 Å². The highest BCUT2D eigenvalue weighted by Gasteiger charge is 2.26. The lowest BCUT2D eigenvalue weighted by molar-refractivity contribution is -0.171. The predicted molar refractivity (Wildman–Crippen MR) is 36.2 cm³/mol. The molecular formula is C6H9NO5. The van der Waals surface area contributed by atoms with Gasteiger partial charge < -0.3 is 5.11 Å². The number of carboxylic acid groups (broad SMARTS) is 1. The van der Waals surface area contributed by atoms with Gasteiger partial charge in [-0.15, -0.1) is 0 Å². The van der Waals surface area contributed by atoms with Gasteiger partial charge >= 0.3 is 0 Å². The fraction of sp³-hybridized carbons (Fsp3) is 0.500. The Labute approximate surface area is 68.4 Å². The van der Waals surface area contributed by atoms with Crippen LogP contribution in [0.3, 0.4) is 0 Å². The fourth-order valence-corrected chi connectivity index (χ4v) is 0.565. The number of hydroxylamine groups is 2. The maximum atomic E-state index is 10.2. The van der Waals surface area contributed by atoms with E-state index < -0.39 is 17.8 Å². The number of nitrogens with zero attached hydrogens (tertiary/aromatic N) is 1. The van der Waals surface area contributed by atoms with E-state index in [0.29, 0.717) is 0 Å². The van der Waals surface area contributed by atoms with Crippen molar-refractivity contribution in [3.8, 4) is 0 Å². The van der Waals surface area contributed by atoms with Crippen LogP contribution in [0.25, 0.3) is 0 Å². The van der Waals surface area contributed by atoms with Gasteiger partial charge in [-0.2, -0.15) is 5.06 Å². The first-order chi connectivity index (χ1) is 5.45. The number of imide groups is 1. The Kier molecular flexibility index (Phi) is 3.92. The number of carbonyl (C=O) groups excluding carboxylic acids is 2. The lowest BCUT2D eigenvalue weighted by Gasteiger charge is -1.98. The summed E-state index contributed by atoms with van der Waals surface area (Å²) in [6.07, 6.45) is 0.296. The zero-order valence-electron chi connectivity index (χ0n) is 6.48. The highest BCUT2D eigenvalue weighted by atomic mass is 16.5. The van der Waals surface area contributed by atoms with Gasteiger partial charge in [0.1, 0.15) is 0 Å². The molecule has 12 heavy (non-hydrogen) atoms. The SMILES string of the molecule is CC(=O)O.O=C1CCC(=O)N1O. The average Bonchev–Trinajstić information content (AvgIpc) is 2.19. The Balaban J connectivity index is 0.000000261. The summed E-state index contributed by atoms with van der Waals surface area (Å²) >= 11 is 0. The normalized spacial score (nSPS) is 15.7. The van der Waals surface area contributed by atoms with Crippen LogP contribution < -0.4 is 0 Å². The molecule has 1 fully saturated rings. The van der Waals surface area contributed by atoms with E-state index in [1.54, 1.807) is 0 Å². The van der Waals surface area contributed by atoms with Gasteiger partial charge in [0.2, 0.25) is 0 Å². The molecule has 0 aromatic heterocycles. The van der Waals surface area contributed by atoms with Crippen molar-refractivity contribution in [2.45, 2.75) is 19.8 Å². The van der Waals surface area contributed by atoms with Gasteiger partial charge in [0.05, 0.1) is 0 Å². The Morgan fingerprint density at radius 1 is 1.33 bits per heavy atom. The van der Waals surface area contributed by atoms with Crippen LogP contribution in [0, 0.1) is 0 Å². The first kappa shape index (κ1) is 10.6. The third-order valence-corrected chi connectivity index (χ3v) is 1.03. The van der Waals surface area contributed by atoms with E-state index in [1.807, 2.05) is 0 Å². The Morgan fingerprint density at radius 3 is 1.67 bits per heavy atom. The van der Waals surface area contributed by atoms with Crippen LogP contribution in [0.1, 0.15) is 19.8 Å². The van der Waals surface area contributed by atoms with Crippen LogP contribution in [-0.4, -0.2) is 33.2 Å². The molecule has 1 rings (SSSR count). The zero-order valence-corrected chi connectivity index (χ0v) is 6.48. The van der Waals surface area contributed by atoms with Crippen LogP contribution >= 0.6 is 0 Å². The molecule has 0 atom stereocenters.